The van der Waals surface area contributed by atoms with Gasteiger partial charge in [-0.2, -0.15) is 0 Å². The minimum absolute atomic E-state index is 0.199. The quantitative estimate of drug-likeness (QED) is 0.258. The standard InChI is InChI=1S/C49H60N2O/c1-33-15-8-9-20-38(33)35-27-29-40-42-32-37(28-30-44(42)50(46(40)31-35)36-18-6-3-7-19-36)51(43-23-12-10-21-39(43)34-16-4-2-5-17-34)45-24-14-26-48-49(45)41-22-11-13-25-47(41)52-48/h2-6,9,14,16,20,23-24,26,28,30-34,36,38-39,41-42,44,47-49H,7-8,10-13,15,17-19,21-22,25,27,29H2,1H3. The van der Waals surface area contributed by atoms with Crippen molar-refractivity contribution >= 4 is 0 Å². The van der Waals surface area contributed by atoms with Gasteiger partial charge < -0.3 is 14.5 Å². The van der Waals surface area contributed by atoms with E-state index in [0.29, 0.717) is 53.7 Å². The average molecular weight is 693 g/mol. The Labute approximate surface area is 313 Å². The van der Waals surface area contributed by atoms with Crippen molar-refractivity contribution in [2.75, 3.05) is 0 Å². The highest BCUT2D eigenvalue weighted by Gasteiger charge is 2.50. The largest absolute Gasteiger partial charge is 0.370 e. The zero-order valence-corrected chi connectivity index (χ0v) is 31.5. The zero-order valence-electron chi connectivity index (χ0n) is 31.5. The van der Waals surface area contributed by atoms with Gasteiger partial charge in [-0.05, 0) is 125 Å². The van der Waals surface area contributed by atoms with Gasteiger partial charge >= 0.3 is 0 Å². The molecule has 0 bridgehead atoms. The Kier molecular flexibility index (Phi) is 9.07. The topological polar surface area (TPSA) is 15.7 Å². The smallest absolute Gasteiger partial charge is 0.0849 e. The van der Waals surface area contributed by atoms with Crippen molar-refractivity contribution in [2.24, 2.45) is 41.4 Å². The number of hydrogen-bond acceptors (Lipinski definition) is 3. The number of allylic oxidation sites excluding steroid dienone is 14. The van der Waals surface area contributed by atoms with E-state index >= 15 is 0 Å². The van der Waals surface area contributed by atoms with Gasteiger partial charge in [-0.1, -0.05) is 104 Å². The number of hydrogen-bond donors (Lipinski definition) is 0. The first kappa shape index (κ1) is 33.3. The molecular weight excluding hydrogens is 633 g/mol. The highest BCUT2D eigenvalue weighted by atomic mass is 16.5. The van der Waals surface area contributed by atoms with Crippen LogP contribution >= 0.6 is 0 Å². The normalized spacial score (nSPS) is 40.4. The van der Waals surface area contributed by atoms with E-state index in [1.54, 1.807) is 22.5 Å². The van der Waals surface area contributed by atoms with Gasteiger partial charge in [0, 0.05) is 52.5 Å². The van der Waals surface area contributed by atoms with Crippen LogP contribution in [0.2, 0.25) is 0 Å². The summed E-state index contributed by atoms with van der Waals surface area (Å²) in [5, 5.41) is 0. The van der Waals surface area contributed by atoms with Crippen LogP contribution in [-0.2, 0) is 4.74 Å². The molecular formula is C49H60N2O. The van der Waals surface area contributed by atoms with E-state index in [4.69, 9.17) is 4.74 Å². The first-order valence-corrected chi connectivity index (χ1v) is 21.5. The molecule has 0 aromatic heterocycles. The van der Waals surface area contributed by atoms with Gasteiger partial charge in [0.15, 0.2) is 0 Å². The van der Waals surface area contributed by atoms with Crippen molar-refractivity contribution in [3.63, 3.8) is 0 Å². The van der Waals surface area contributed by atoms with Crippen LogP contribution in [-0.4, -0.2) is 34.1 Å². The van der Waals surface area contributed by atoms with E-state index in [1.165, 1.54) is 101 Å². The minimum atomic E-state index is 0.199. The van der Waals surface area contributed by atoms with Crippen LogP contribution in [0.4, 0.5) is 0 Å². The summed E-state index contributed by atoms with van der Waals surface area (Å²) < 4.78 is 6.89. The molecule has 0 aromatic carbocycles. The summed E-state index contributed by atoms with van der Waals surface area (Å²) in [5.74, 6) is 3.92. The first-order chi connectivity index (χ1) is 25.7. The maximum atomic E-state index is 6.89. The van der Waals surface area contributed by atoms with Crippen molar-refractivity contribution in [3.8, 4) is 0 Å². The molecule has 2 heterocycles. The molecule has 8 aliphatic carbocycles. The first-order valence-electron chi connectivity index (χ1n) is 21.5. The molecule has 272 valence electrons. The molecule has 0 N–H and O–H groups in total. The second kappa shape index (κ2) is 14.2. The Hall–Kier alpha value is -3.30. The van der Waals surface area contributed by atoms with Crippen molar-refractivity contribution < 1.29 is 4.74 Å². The number of fused-ring (bicyclic) bond motifs is 5. The second-order valence-corrected chi connectivity index (χ2v) is 17.8. The van der Waals surface area contributed by atoms with Crippen LogP contribution in [0.3, 0.4) is 0 Å². The van der Waals surface area contributed by atoms with E-state index in [2.05, 4.69) is 114 Å². The fourth-order valence-electron chi connectivity index (χ4n) is 12.4. The molecule has 3 nitrogen and oxygen atoms in total. The van der Waals surface area contributed by atoms with E-state index < -0.39 is 0 Å². The van der Waals surface area contributed by atoms with Gasteiger partial charge in [0.2, 0.25) is 0 Å². The fourth-order valence-corrected chi connectivity index (χ4v) is 12.4. The highest BCUT2D eigenvalue weighted by molar-refractivity contribution is 5.50. The molecule has 52 heavy (non-hydrogen) atoms. The molecule has 10 aliphatic rings. The Balaban J connectivity index is 1.07. The van der Waals surface area contributed by atoms with Crippen molar-refractivity contribution in [1.29, 1.82) is 0 Å². The molecule has 1 saturated heterocycles. The van der Waals surface area contributed by atoms with E-state index in [0.717, 1.165) is 12.3 Å². The third-order valence-corrected chi connectivity index (χ3v) is 14.9. The summed E-state index contributed by atoms with van der Waals surface area (Å²) in [5.41, 5.74) is 9.47. The van der Waals surface area contributed by atoms with Crippen LogP contribution in [0.1, 0.15) is 103 Å². The molecule has 3 heteroatoms. The summed E-state index contributed by atoms with van der Waals surface area (Å²) >= 11 is 0. The monoisotopic (exact) mass is 692 g/mol. The lowest BCUT2D eigenvalue weighted by Crippen LogP contribution is -2.42. The Bertz CT molecular complexity index is 1760. The third kappa shape index (κ3) is 5.80. The minimum Gasteiger partial charge on any atom is -0.370 e. The van der Waals surface area contributed by atoms with Crippen molar-refractivity contribution in [2.45, 2.75) is 128 Å². The second-order valence-electron chi connectivity index (χ2n) is 17.8. The van der Waals surface area contributed by atoms with Gasteiger partial charge in [0.25, 0.3) is 0 Å². The van der Waals surface area contributed by atoms with Gasteiger partial charge in [0.05, 0.1) is 18.2 Å². The molecule has 0 aromatic rings. The summed E-state index contributed by atoms with van der Waals surface area (Å²) in [6.07, 6.45) is 59.2. The third-order valence-electron chi connectivity index (χ3n) is 14.9. The molecule has 2 fully saturated rings. The molecule has 2 aliphatic heterocycles. The predicted molar refractivity (Wildman–Crippen MR) is 213 cm³/mol. The SMILES string of the molecule is CC1CCC=CC1C1=CC2=C(CC1)C1C=C(N(C3=CCCCC3C3C=CC=CC3)C3=CC=CC4OC5CCCCC5C34)C=CC1N2C1CC=CCC1. The molecule has 10 rings (SSSR count). The Morgan fingerprint density at radius 2 is 1.71 bits per heavy atom. The van der Waals surface area contributed by atoms with Gasteiger partial charge in [-0.3, -0.25) is 0 Å². The van der Waals surface area contributed by atoms with E-state index in [9.17, 15) is 0 Å². The Morgan fingerprint density at radius 3 is 2.60 bits per heavy atom. The molecule has 1 saturated carbocycles. The van der Waals surface area contributed by atoms with E-state index in [1.807, 2.05) is 0 Å². The lowest BCUT2D eigenvalue weighted by Gasteiger charge is -2.45. The van der Waals surface area contributed by atoms with Crippen LogP contribution in [0.15, 0.2) is 131 Å². The summed E-state index contributed by atoms with van der Waals surface area (Å²) in [6, 6.07) is 0.994. The molecule has 11 atom stereocenters. The predicted octanol–water partition coefficient (Wildman–Crippen LogP) is 11.6. The number of rotatable bonds is 6. The van der Waals surface area contributed by atoms with Crippen molar-refractivity contribution in [3.05, 3.63) is 131 Å². The number of nitrogens with zero attached hydrogens (tertiary/aromatic N) is 2. The van der Waals surface area contributed by atoms with Crippen LogP contribution in [0.25, 0.3) is 0 Å². The van der Waals surface area contributed by atoms with Crippen LogP contribution in [0, 0.1) is 41.4 Å². The summed E-state index contributed by atoms with van der Waals surface area (Å²) in [6.45, 7) is 2.49. The average Bonchev–Trinajstić information content (AvgIpc) is 3.75. The molecule has 0 radical (unpaired) electrons. The lowest BCUT2D eigenvalue weighted by atomic mass is 9.73. The summed E-state index contributed by atoms with van der Waals surface area (Å²) in [4.78, 5) is 5.74. The van der Waals surface area contributed by atoms with Crippen LogP contribution in [0.5, 0.6) is 0 Å². The highest BCUT2D eigenvalue weighted by Crippen LogP contribution is 2.53. The van der Waals surface area contributed by atoms with Gasteiger partial charge in [-0.25, -0.2) is 0 Å². The number of ether oxygens (including phenoxy) is 1. The lowest BCUT2D eigenvalue weighted by molar-refractivity contribution is 0.0370. The van der Waals surface area contributed by atoms with Gasteiger partial charge in [-0.15, -0.1) is 0 Å². The maximum Gasteiger partial charge on any atom is 0.0849 e. The maximum absolute atomic E-state index is 6.89. The fraction of sp³-hybridized carbons (Fsp3) is 0.551. The van der Waals surface area contributed by atoms with Crippen LogP contribution < -0.4 is 0 Å². The van der Waals surface area contributed by atoms with E-state index in [-0.39, 0.29) is 6.10 Å². The van der Waals surface area contributed by atoms with Crippen molar-refractivity contribution in [1.82, 2.24) is 9.80 Å². The molecule has 0 amide bonds. The molecule has 0 spiro atoms. The zero-order chi connectivity index (χ0) is 34.6. The van der Waals surface area contributed by atoms with Gasteiger partial charge in [0.1, 0.15) is 0 Å². The Morgan fingerprint density at radius 1 is 0.769 bits per heavy atom. The summed E-state index contributed by atoms with van der Waals surface area (Å²) in [7, 11) is 0. The molecule has 11 unspecified atom stereocenters.